The van der Waals surface area contributed by atoms with Gasteiger partial charge in [-0.15, -0.1) is 0 Å². The number of ether oxygens (including phenoxy) is 2. The molecule has 0 saturated heterocycles. The average Bonchev–Trinajstić information content (AvgIpc) is 2.54. The molecule has 0 saturated carbocycles. The molecule has 128 valence electrons. The first-order valence-electron chi connectivity index (χ1n) is 6.56. The average molecular weight is 355 g/mol. The molecule has 2 aromatic rings. The fraction of sp³-hybridized carbons (Fsp3) is 0.133. The Labute approximate surface area is 137 Å². The SMILES string of the molecule is COc1ccc(NS(=O)(=O)c2ccc(F)c(C(=O)O)c2)cc1OC. The van der Waals surface area contributed by atoms with Crippen molar-refractivity contribution < 1.29 is 32.2 Å². The third kappa shape index (κ3) is 3.57. The molecular formula is C15H14FNO6S. The Morgan fingerprint density at radius 3 is 2.33 bits per heavy atom. The molecule has 2 N–H and O–H groups in total. The number of halogens is 1. The summed E-state index contributed by atoms with van der Waals surface area (Å²) in [5, 5.41) is 8.89. The van der Waals surface area contributed by atoms with E-state index in [9.17, 15) is 17.6 Å². The van der Waals surface area contributed by atoms with E-state index in [4.69, 9.17) is 14.6 Å². The molecule has 0 amide bonds. The van der Waals surface area contributed by atoms with Crippen molar-refractivity contribution in [3.8, 4) is 11.5 Å². The number of nitrogens with one attached hydrogen (secondary N) is 1. The summed E-state index contributed by atoms with van der Waals surface area (Å²) in [6.07, 6.45) is 0. The van der Waals surface area contributed by atoms with Gasteiger partial charge in [0.15, 0.2) is 11.5 Å². The predicted octanol–water partition coefficient (Wildman–Crippen LogP) is 2.34. The molecule has 7 nitrogen and oxygen atoms in total. The van der Waals surface area contributed by atoms with Crippen LogP contribution in [0.1, 0.15) is 10.4 Å². The third-order valence-corrected chi connectivity index (χ3v) is 4.49. The monoisotopic (exact) mass is 355 g/mol. The molecule has 0 fully saturated rings. The zero-order valence-corrected chi connectivity index (χ0v) is 13.6. The first-order chi connectivity index (χ1) is 11.3. The first-order valence-corrected chi connectivity index (χ1v) is 8.04. The molecule has 2 aromatic carbocycles. The molecule has 0 unspecified atom stereocenters. The van der Waals surface area contributed by atoms with Gasteiger partial charge in [0.2, 0.25) is 0 Å². The van der Waals surface area contributed by atoms with Gasteiger partial charge in [-0.25, -0.2) is 17.6 Å². The molecule has 0 aromatic heterocycles. The summed E-state index contributed by atoms with van der Waals surface area (Å²) in [6, 6.07) is 6.86. The van der Waals surface area contributed by atoms with Crippen molar-refractivity contribution in [2.45, 2.75) is 4.90 Å². The van der Waals surface area contributed by atoms with E-state index >= 15 is 0 Å². The van der Waals surface area contributed by atoms with Crippen LogP contribution in [0.3, 0.4) is 0 Å². The lowest BCUT2D eigenvalue weighted by molar-refractivity contribution is 0.0691. The fourth-order valence-corrected chi connectivity index (χ4v) is 3.02. The van der Waals surface area contributed by atoms with Crippen LogP contribution >= 0.6 is 0 Å². The number of sulfonamides is 1. The largest absolute Gasteiger partial charge is 0.493 e. The Morgan fingerprint density at radius 1 is 1.08 bits per heavy atom. The summed E-state index contributed by atoms with van der Waals surface area (Å²) in [5.74, 6) is -1.86. The van der Waals surface area contributed by atoms with E-state index in [0.29, 0.717) is 11.5 Å². The lowest BCUT2D eigenvalue weighted by atomic mass is 10.2. The fourth-order valence-electron chi connectivity index (χ4n) is 1.95. The predicted molar refractivity (Wildman–Crippen MR) is 83.7 cm³/mol. The van der Waals surface area contributed by atoms with Crippen molar-refractivity contribution in [2.24, 2.45) is 0 Å². The zero-order chi connectivity index (χ0) is 17.9. The number of carbonyl (C=O) groups is 1. The van der Waals surface area contributed by atoms with E-state index in [1.165, 1.54) is 32.4 Å². The van der Waals surface area contributed by atoms with Crippen molar-refractivity contribution in [1.82, 2.24) is 0 Å². The smallest absolute Gasteiger partial charge is 0.338 e. The number of anilines is 1. The highest BCUT2D eigenvalue weighted by molar-refractivity contribution is 7.92. The Morgan fingerprint density at radius 2 is 1.75 bits per heavy atom. The third-order valence-electron chi connectivity index (χ3n) is 3.11. The van der Waals surface area contributed by atoms with Gasteiger partial charge in [0, 0.05) is 6.07 Å². The number of carboxylic acid groups (broad SMARTS) is 1. The minimum atomic E-state index is -4.11. The molecule has 0 aliphatic heterocycles. The van der Waals surface area contributed by atoms with Crippen molar-refractivity contribution >= 4 is 21.7 Å². The molecule has 0 aliphatic carbocycles. The van der Waals surface area contributed by atoms with E-state index in [1.54, 1.807) is 0 Å². The van der Waals surface area contributed by atoms with Crippen molar-refractivity contribution in [3.63, 3.8) is 0 Å². The van der Waals surface area contributed by atoms with Gasteiger partial charge in [-0.1, -0.05) is 0 Å². The van der Waals surface area contributed by atoms with E-state index in [1.807, 2.05) is 0 Å². The Balaban J connectivity index is 2.39. The molecular weight excluding hydrogens is 341 g/mol. The van der Waals surface area contributed by atoms with Crippen LogP contribution in [0, 0.1) is 5.82 Å². The topological polar surface area (TPSA) is 102 Å². The molecule has 0 atom stereocenters. The minimum absolute atomic E-state index is 0.175. The van der Waals surface area contributed by atoms with E-state index in [-0.39, 0.29) is 10.6 Å². The van der Waals surface area contributed by atoms with Gasteiger partial charge in [0.1, 0.15) is 5.82 Å². The Hall–Kier alpha value is -2.81. The number of benzene rings is 2. The number of carboxylic acids is 1. The summed E-state index contributed by atoms with van der Waals surface area (Å²) in [4.78, 5) is 10.5. The summed E-state index contributed by atoms with van der Waals surface area (Å²) < 4.78 is 50.5. The van der Waals surface area contributed by atoms with Crippen LogP contribution in [-0.4, -0.2) is 33.7 Å². The second kappa shape index (κ2) is 6.75. The van der Waals surface area contributed by atoms with Crippen LogP contribution < -0.4 is 14.2 Å². The summed E-state index contributed by atoms with van der Waals surface area (Å²) >= 11 is 0. The Bertz CT molecular complexity index is 882. The molecule has 0 heterocycles. The van der Waals surface area contributed by atoms with Gasteiger partial charge in [-0.05, 0) is 30.3 Å². The standard InChI is InChI=1S/C15H14FNO6S/c1-22-13-6-3-9(7-14(13)23-2)17-24(20,21)10-4-5-12(16)11(8-10)15(18)19/h3-8,17H,1-2H3,(H,18,19). The number of hydrogen-bond acceptors (Lipinski definition) is 5. The lowest BCUT2D eigenvalue weighted by Crippen LogP contribution is -2.14. The highest BCUT2D eigenvalue weighted by Gasteiger charge is 2.20. The van der Waals surface area contributed by atoms with E-state index in [0.717, 1.165) is 18.2 Å². The van der Waals surface area contributed by atoms with Gasteiger partial charge >= 0.3 is 5.97 Å². The summed E-state index contributed by atoms with van der Waals surface area (Å²) in [6.45, 7) is 0. The number of aromatic carboxylic acids is 1. The van der Waals surface area contributed by atoms with Gasteiger partial charge in [0.05, 0.1) is 30.4 Å². The van der Waals surface area contributed by atoms with Crippen molar-refractivity contribution in [2.75, 3.05) is 18.9 Å². The van der Waals surface area contributed by atoms with Crippen molar-refractivity contribution in [1.29, 1.82) is 0 Å². The van der Waals surface area contributed by atoms with E-state index in [2.05, 4.69) is 4.72 Å². The molecule has 9 heteroatoms. The maximum absolute atomic E-state index is 13.4. The van der Waals surface area contributed by atoms with E-state index < -0.39 is 27.4 Å². The maximum Gasteiger partial charge on any atom is 0.338 e. The van der Waals surface area contributed by atoms with Gasteiger partial charge in [0.25, 0.3) is 10.0 Å². The second-order valence-electron chi connectivity index (χ2n) is 4.62. The van der Waals surface area contributed by atoms with Crippen LogP contribution in [0.2, 0.25) is 0 Å². The van der Waals surface area contributed by atoms with Gasteiger partial charge in [-0.3, -0.25) is 4.72 Å². The molecule has 0 aliphatic rings. The quantitative estimate of drug-likeness (QED) is 0.825. The van der Waals surface area contributed by atoms with Gasteiger partial charge < -0.3 is 14.6 Å². The minimum Gasteiger partial charge on any atom is -0.493 e. The van der Waals surface area contributed by atoms with Crippen LogP contribution in [-0.2, 0) is 10.0 Å². The summed E-state index contributed by atoms with van der Waals surface area (Å²) in [7, 11) is -1.27. The Kier molecular flexibility index (Phi) is 4.93. The molecule has 0 radical (unpaired) electrons. The maximum atomic E-state index is 13.4. The van der Waals surface area contributed by atoms with Crippen LogP contribution in [0.15, 0.2) is 41.3 Å². The van der Waals surface area contributed by atoms with Gasteiger partial charge in [-0.2, -0.15) is 0 Å². The molecule has 0 spiro atoms. The van der Waals surface area contributed by atoms with Crippen LogP contribution in [0.25, 0.3) is 0 Å². The highest BCUT2D eigenvalue weighted by Crippen LogP contribution is 2.30. The number of methoxy groups -OCH3 is 2. The van der Waals surface area contributed by atoms with Crippen LogP contribution in [0.4, 0.5) is 10.1 Å². The van der Waals surface area contributed by atoms with Crippen LogP contribution in [0.5, 0.6) is 11.5 Å². The normalized spacial score (nSPS) is 11.0. The highest BCUT2D eigenvalue weighted by atomic mass is 32.2. The number of hydrogen-bond donors (Lipinski definition) is 2. The van der Waals surface area contributed by atoms with Crippen molar-refractivity contribution in [3.05, 3.63) is 47.8 Å². The molecule has 2 rings (SSSR count). The first kappa shape index (κ1) is 17.5. The zero-order valence-electron chi connectivity index (χ0n) is 12.7. The number of rotatable bonds is 6. The second-order valence-corrected chi connectivity index (χ2v) is 6.30. The molecule has 0 bridgehead atoms. The molecule has 24 heavy (non-hydrogen) atoms. The lowest BCUT2D eigenvalue weighted by Gasteiger charge is -2.12. The summed E-state index contributed by atoms with van der Waals surface area (Å²) in [5.41, 5.74) is -0.556.